The highest BCUT2D eigenvalue weighted by atomic mass is 19.1. The molecule has 3 aromatic rings. The predicted octanol–water partition coefficient (Wildman–Crippen LogP) is 4.23. The highest BCUT2D eigenvalue weighted by molar-refractivity contribution is 5.87. The average Bonchev–Trinajstić information content (AvgIpc) is 3.36. The van der Waals surface area contributed by atoms with E-state index in [2.05, 4.69) is 5.10 Å². The van der Waals surface area contributed by atoms with Crippen molar-refractivity contribution in [2.24, 2.45) is 0 Å². The van der Waals surface area contributed by atoms with Crippen LogP contribution in [0.25, 0.3) is 11.3 Å². The summed E-state index contributed by atoms with van der Waals surface area (Å²) in [4.78, 5) is 12.4. The molecule has 4 rings (SSSR count). The normalized spacial score (nSPS) is 19.9. The van der Waals surface area contributed by atoms with Gasteiger partial charge in [-0.1, -0.05) is 0 Å². The van der Waals surface area contributed by atoms with Crippen LogP contribution in [0.5, 0.6) is 0 Å². The molecular weight excluding hydrogens is 323 g/mol. The lowest BCUT2D eigenvalue weighted by atomic mass is 10.2. The smallest absolute Gasteiger partial charge is 0.374 e. The van der Waals surface area contributed by atoms with Gasteiger partial charge in [0.05, 0.1) is 6.04 Å². The summed E-state index contributed by atoms with van der Waals surface area (Å²) in [6, 6.07) is 11.1. The van der Waals surface area contributed by atoms with E-state index in [1.807, 2.05) is 16.9 Å². The van der Waals surface area contributed by atoms with E-state index in [0.717, 1.165) is 19.3 Å². The SMILES string of the molecule is O=C(O[C@@H]1CCC[C@H]1n1cccn1)c1ccc(-c2ccc(F)cc2)o1. The molecular formula is C19H17FN2O3. The minimum Gasteiger partial charge on any atom is -0.454 e. The largest absolute Gasteiger partial charge is 0.454 e. The fourth-order valence-corrected chi connectivity index (χ4v) is 3.24. The van der Waals surface area contributed by atoms with Gasteiger partial charge < -0.3 is 9.15 Å². The second-order valence-corrected chi connectivity index (χ2v) is 6.10. The molecule has 1 aliphatic carbocycles. The summed E-state index contributed by atoms with van der Waals surface area (Å²) >= 11 is 0. The lowest BCUT2D eigenvalue weighted by Crippen LogP contribution is -2.25. The second kappa shape index (κ2) is 6.55. The van der Waals surface area contributed by atoms with Crippen molar-refractivity contribution < 1.29 is 18.3 Å². The summed E-state index contributed by atoms with van der Waals surface area (Å²) < 4.78 is 26.1. The Balaban J connectivity index is 1.47. The first-order valence-electron chi connectivity index (χ1n) is 8.26. The fraction of sp³-hybridized carbons (Fsp3) is 0.263. The van der Waals surface area contributed by atoms with Gasteiger partial charge >= 0.3 is 5.97 Å². The van der Waals surface area contributed by atoms with Gasteiger partial charge in [0.1, 0.15) is 17.7 Å². The molecule has 0 aliphatic heterocycles. The maximum Gasteiger partial charge on any atom is 0.374 e. The van der Waals surface area contributed by atoms with E-state index in [-0.39, 0.29) is 23.7 Å². The minimum absolute atomic E-state index is 0.0606. The van der Waals surface area contributed by atoms with Gasteiger partial charge in [-0.25, -0.2) is 9.18 Å². The Kier molecular flexibility index (Phi) is 4.09. The summed E-state index contributed by atoms with van der Waals surface area (Å²) in [5, 5.41) is 4.25. The number of esters is 1. The molecule has 0 bridgehead atoms. The van der Waals surface area contributed by atoms with Crippen LogP contribution in [-0.4, -0.2) is 21.9 Å². The molecule has 1 saturated carbocycles. The fourth-order valence-electron chi connectivity index (χ4n) is 3.24. The zero-order valence-corrected chi connectivity index (χ0v) is 13.5. The molecule has 0 amide bonds. The molecule has 0 N–H and O–H groups in total. The molecule has 1 aromatic carbocycles. The Morgan fingerprint density at radius 3 is 2.80 bits per heavy atom. The van der Waals surface area contributed by atoms with Crippen molar-refractivity contribution in [1.29, 1.82) is 0 Å². The second-order valence-electron chi connectivity index (χ2n) is 6.10. The van der Waals surface area contributed by atoms with Crippen molar-refractivity contribution in [3.63, 3.8) is 0 Å². The number of halogens is 1. The Bertz CT molecular complexity index is 855. The maximum absolute atomic E-state index is 13.0. The highest BCUT2D eigenvalue weighted by Gasteiger charge is 2.33. The van der Waals surface area contributed by atoms with Crippen LogP contribution in [0.3, 0.4) is 0 Å². The Hall–Kier alpha value is -2.89. The number of nitrogens with zero attached hydrogens (tertiary/aromatic N) is 2. The number of ether oxygens (including phenoxy) is 1. The maximum atomic E-state index is 13.0. The number of furan rings is 1. The van der Waals surface area contributed by atoms with Crippen molar-refractivity contribution in [2.45, 2.75) is 31.4 Å². The standard InChI is InChI=1S/C19H17FN2O3/c20-14-7-5-13(6-8-14)16-9-10-18(24-16)19(23)25-17-4-1-3-15(17)22-12-2-11-21-22/h2,5-12,15,17H,1,3-4H2/t15-,17-/m1/s1. The Morgan fingerprint density at radius 1 is 1.20 bits per heavy atom. The minimum atomic E-state index is -0.489. The third-order valence-corrected chi connectivity index (χ3v) is 4.48. The summed E-state index contributed by atoms with van der Waals surface area (Å²) in [5.41, 5.74) is 0.704. The van der Waals surface area contributed by atoms with Gasteiger partial charge in [-0.15, -0.1) is 0 Å². The lowest BCUT2D eigenvalue weighted by molar-refractivity contribution is 0.0176. The molecule has 25 heavy (non-hydrogen) atoms. The number of carbonyl (C=O) groups excluding carboxylic acids is 1. The van der Waals surface area contributed by atoms with Crippen LogP contribution in [0.1, 0.15) is 35.9 Å². The highest BCUT2D eigenvalue weighted by Crippen LogP contribution is 2.33. The van der Waals surface area contributed by atoms with Gasteiger partial charge in [0.25, 0.3) is 0 Å². The van der Waals surface area contributed by atoms with Crippen LogP contribution in [0.2, 0.25) is 0 Å². The topological polar surface area (TPSA) is 57.3 Å². The summed E-state index contributed by atoms with van der Waals surface area (Å²) in [6.07, 6.45) is 6.11. The summed E-state index contributed by atoms with van der Waals surface area (Å²) in [5.74, 6) is -0.161. The van der Waals surface area contributed by atoms with Crippen LogP contribution < -0.4 is 0 Å². The first kappa shape index (κ1) is 15.6. The summed E-state index contributed by atoms with van der Waals surface area (Å²) in [6.45, 7) is 0. The van der Waals surface area contributed by atoms with E-state index >= 15 is 0 Å². The molecule has 0 saturated heterocycles. The van der Waals surface area contributed by atoms with Gasteiger partial charge in [0, 0.05) is 18.0 Å². The van der Waals surface area contributed by atoms with E-state index < -0.39 is 5.97 Å². The van der Waals surface area contributed by atoms with Gasteiger partial charge in [-0.05, 0) is 61.7 Å². The molecule has 128 valence electrons. The van der Waals surface area contributed by atoms with E-state index in [1.54, 1.807) is 30.5 Å². The first-order chi connectivity index (χ1) is 12.2. The third-order valence-electron chi connectivity index (χ3n) is 4.48. The van der Waals surface area contributed by atoms with Crippen LogP contribution in [0.15, 0.2) is 59.3 Å². The van der Waals surface area contributed by atoms with Gasteiger partial charge in [0.15, 0.2) is 0 Å². The number of benzene rings is 1. The number of hydrogen-bond donors (Lipinski definition) is 0. The molecule has 1 fully saturated rings. The van der Waals surface area contributed by atoms with Gasteiger partial charge in [-0.2, -0.15) is 5.10 Å². The van der Waals surface area contributed by atoms with E-state index in [9.17, 15) is 9.18 Å². The van der Waals surface area contributed by atoms with Crippen LogP contribution in [-0.2, 0) is 4.74 Å². The van der Waals surface area contributed by atoms with Gasteiger partial charge in [0.2, 0.25) is 5.76 Å². The monoisotopic (exact) mass is 340 g/mol. The molecule has 2 heterocycles. The zero-order chi connectivity index (χ0) is 17.2. The predicted molar refractivity (Wildman–Crippen MR) is 88.4 cm³/mol. The van der Waals surface area contributed by atoms with Crippen molar-refractivity contribution in [3.8, 4) is 11.3 Å². The molecule has 0 unspecified atom stereocenters. The Morgan fingerprint density at radius 2 is 2.04 bits per heavy atom. The quantitative estimate of drug-likeness (QED) is 0.667. The lowest BCUT2D eigenvalue weighted by Gasteiger charge is -2.19. The van der Waals surface area contributed by atoms with Crippen molar-refractivity contribution in [2.75, 3.05) is 0 Å². The van der Waals surface area contributed by atoms with E-state index in [1.165, 1.54) is 12.1 Å². The molecule has 6 heteroatoms. The first-order valence-corrected chi connectivity index (χ1v) is 8.26. The zero-order valence-electron chi connectivity index (χ0n) is 13.5. The van der Waals surface area contributed by atoms with E-state index in [0.29, 0.717) is 11.3 Å². The molecule has 2 atom stereocenters. The Labute approximate surface area is 144 Å². The molecule has 0 radical (unpaired) electrons. The number of rotatable bonds is 4. The number of aromatic nitrogens is 2. The number of carbonyl (C=O) groups is 1. The van der Waals surface area contributed by atoms with Crippen LogP contribution >= 0.6 is 0 Å². The van der Waals surface area contributed by atoms with Crippen molar-refractivity contribution in [1.82, 2.24) is 9.78 Å². The van der Waals surface area contributed by atoms with Crippen LogP contribution in [0, 0.1) is 5.82 Å². The van der Waals surface area contributed by atoms with Gasteiger partial charge in [-0.3, -0.25) is 4.68 Å². The molecule has 5 nitrogen and oxygen atoms in total. The van der Waals surface area contributed by atoms with Crippen molar-refractivity contribution >= 4 is 5.97 Å². The average molecular weight is 340 g/mol. The van der Waals surface area contributed by atoms with Crippen molar-refractivity contribution in [3.05, 3.63) is 66.4 Å². The molecule has 0 spiro atoms. The van der Waals surface area contributed by atoms with E-state index in [4.69, 9.17) is 9.15 Å². The van der Waals surface area contributed by atoms with Crippen LogP contribution in [0.4, 0.5) is 4.39 Å². The summed E-state index contributed by atoms with van der Waals surface area (Å²) in [7, 11) is 0. The molecule has 1 aliphatic rings. The molecule has 2 aromatic heterocycles. The third kappa shape index (κ3) is 3.20. The number of hydrogen-bond acceptors (Lipinski definition) is 4.